The Bertz CT molecular complexity index is 321. The van der Waals surface area contributed by atoms with Gasteiger partial charge in [0.05, 0.1) is 10.8 Å². The maximum Gasteiger partial charge on any atom is 0.238 e. The average molecular weight is 241 g/mol. The van der Waals surface area contributed by atoms with E-state index in [0.29, 0.717) is 18.1 Å². The Balaban J connectivity index is 2.75. The Morgan fingerprint density at radius 1 is 1.44 bits per heavy atom. The molecule has 16 heavy (non-hydrogen) atoms. The topological polar surface area (TPSA) is 37.4 Å². The van der Waals surface area contributed by atoms with Gasteiger partial charge < -0.3 is 4.90 Å². The molecule has 0 N–H and O–H groups in total. The summed E-state index contributed by atoms with van der Waals surface area (Å²) < 4.78 is 0. The molecule has 3 nitrogen and oxygen atoms in total. The van der Waals surface area contributed by atoms with Crippen LogP contribution in [0.4, 0.5) is 0 Å². The zero-order valence-corrected chi connectivity index (χ0v) is 11.1. The van der Waals surface area contributed by atoms with Crippen molar-refractivity contribution in [3.8, 4) is 0 Å². The Morgan fingerprint density at radius 3 is 2.56 bits per heavy atom. The molecule has 1 rings (SSSR count). The van der Waals surface area contributed by atoms with Gasteiger partial charge in [-0.1, -0.05) is 25.6 Å². The molecule has 0 atom stereocenters. The van der Waals surface area contributed by atoms with Gasteiger partial charge in [-0.15, -0.1) is 0 Å². The molecule has 1 fully saturated rings. The van der Waals surface area contributed by atoms with Crippen LogP contribution in [0.1, 0.15) is 34.1 Å². The SMILES string of the molecule is CC(C)CC(=O)/C=C1\SCC(=O)N1C(C)C. The molecule has 1 aliphatic heterocycles. The van der Waals surface area contributed by atoms with Gasteiger partial charge >= 0.3 is 0 Å². The summed E-state index contributed by atoms with van der Waals surface area (Å²) in [5.41, 5.74) is 0. The van der Waals surface area contributed by atoms with E-state index in [9.17, 15) is 9.59 Å². The lowest BCUT2D eigenvalue weighted by molar-refractivity contribution is -0.126. The molecule has 1 heterocycles. The number of amides is 1. The lowest BCUT2D eigenvalue weighted by atomic mass is 10.1. The van der Waals surface area contributed by atoms with Gasteiger partial charge in [0, 0.05) is 18.5 Å². The molecule has 1 aliphatic rings. The summed E-state index contributed by atoms with van der Waals surface area (Å²) in [4.78, 5) is 25.0. The van der Waals surface area contributed by atoms with Crippen molar-refractivity contribution in [2.24, 2.45) is 5.92 Å². The van der Waals surface area contributed by atoms with Crippen LogP contribution in [0, 0.1) is 5.92 Å². The van der Waals surface area contributed by atoms with Crippen LogP contribution >= 0.6 is 11.8 Å². The molecule has 0 unspecified atom stereocenters. The number of carbonyl (C=O) groups is 2. The Labute approximate surface area is 101 Å². The van der Waals surface area contributed by atoms with Gasteiger partial charge in [-0.05, 0) is 19.8 Å². The summed E-state index contributed by atoms with van der Waals surface area (Å²) in [5, 5.41) is 0.811. The van der Waals surface area contributed by atoms with E-state index >= 15 is 0 Å². The highest BCUT2D eigenvalue weighted by atomic mass is 32.2. The van der Waals surface area contributed by atoms with Crippen molar-refractivity contribution in [3.63, 3.8) is 0 Å². The van der Waals surface area contributed by atoms with Gasteiger partial charge in [0.1, 0.15) is 0 Å². The zero-order valence-electron chi connectivity index (χ0n) is 10.3. The fraction of sp³-hybridized carbons (Fsp3) is 0.667. The number of hydrogen-bond acceptors (Lipinski definition) is 3. The molecular weight excluding hydrogens is 222 g/mol. The minimum atomic E-state index is 0.101. The summed E-state index contributed by atoms with van der Waals surface area (Å²) in [5.74, 6) is 1.03. The van der Waals surface area contributed by atoms with Gasteiger partial charge in [0.15, 0.2) is 5.78 Å². The highest BCUT2D eigenvalue weighted by Crippen LogP contribution is 2.30. The van der Waals surface area contributed by atoms with Crippen LogP contribution in [0.15, 0.2) is 11.1 Å². The molecule has 0 aliphatic carbocycles. The van der Waals surface area contributed by atoms with Crippen molar-refractivity contribution < 1.29 is 9.59 Å². The monoisotopic (exact) mass is 241 g/mol. The molecular formula is C12H19NO2S. The van der Waals surface area contributed by atoms with Gasteiger partial charge in [-0.3, -0.25) is 9.59 Å². The van der Waals surface area contributed by atoms with E-state index < -0.39 is 0 Å². The summed E-state index contributed by atoms with van der Waals surface area (Å²) in [6.07, 6.45) is 2.17. The first-order valence-corrected chi connectivity index (χ1v) is 6.59. The first kappa shape index (κ1) is 13.3. The van der Waals surface area contributed by atoms with Crippen molar-refractivity contribution in [2.75, 3.05) is 5.75 Å². The molecule has 4 heteroatoms. The van der Waals surface area contributed by atoms with Crippen molar-refractivity contribution in [2.45, 2.75) is 40.2 Å². The number of hydrogen-bond donors (Lipinski definition) is 0. The number of nitrogens with zero attached hydrogens (tertiary/aromatic N) is 1. The first-order chi connectivity index (χ1) is 7.41. The molecule has 0 aromatic carbocycles. The first-order valence-electron chi connectivity index (χ1n) is 5.61. The van der Waals surface area contributed by atoms with Crippen molar-refractivity contribution in [1.29, 1.82) is 0 Å². The second kappa shape index (κ2) is 5.53. The van der Waals surface area contributed by atoms with E-state index in [1.165, 1.54) is 11.8 Å². The standard InChI is InChI=1S/C12H19NO2S/c1-8(2)5-10(14)6-12-13(9(3)4)11(15)7-16-12/h6,8-9H,5,7H2,1-4H3/b12-6-. The number of carbonyl (C=O) groups excluding carboxylic acids is 2. The van der Waals surface area contributed by atoms with E-state index in [4.69, 9.17) is 0 Å². The second-order valence-electron chi connectivity index (χ2n) is 4.69. The molecule has 90 valence electrons. The lowest BCUT2D eigenvalue weighted by Crippen LogP contribution is -2.31. The summed E-state index contributed by atoms with van der Waals surface area (Å²) in [6.45, 7) is 7.96. The summed E-state index contributed by atoms with van der Waals surface area (Å²) >= 11 is 1.46. The van der Waals surface area contributed by atoms with E-state index in [1.54, 1.807) is 11.0 Å². The molecule has 0 saturated carbocycles. The fourth-order valence-electron chi connectivity index (χ4n) is 1.65. The number of rotatable bonds is 4. The smallest absolute Gasteiger partial charge is 0.238 e. The maximum atomic E-state index is 11.7. The molecule has 0 aromatic heterocycles. The summed E-state index contributed by atoms with van der Waals surface area (Å²) in [6, 6.07) is 0.126. The minimum absolute atomic E-state index is 0.101. The van der Waals surface area contributed by atoms with Crippen LogP contribution in [0.25, 0.3) is 0 Å². The van der Waals surface area contributed by atoms with E-state index in [2.05, 4.69) is 0 Å². The second-order valence-corrected chi connectivity index (χ2v) is 5.69. The van der Waals surface area contributed by atoms with Gasteiger partial charge in [-0.2, -0.15) is 0 Å². The van der Waals surface area contributed by atoms with Gasteiger partial charge in [0.2, 0.25) is 5.91 Å². The molecule has 0 spiro atoms. The fourth-order valence-corrected chi connectivity index (χ4v) is 2.73. The summed E-state index contributed by atoms with van der Waals surface area (Å²) in [7, 11) is 0. The van der Waals surface area contributed by atoms with Gasteiger partial charge in [-0.25, -0.2) is 0 Å². The highest BCUT2D eigenvalue weighted by molar-refractivity contribution is 8.04. The van der Waals surface area contributed by atoms with E-state index in [-0.39, 0.29) is 17.7 Å². The number of thioether (sulfide) groups is 1. The average Bonchev–Trinajstić information content (AvgIpc) is 2.45. The minimum Gasteiger partial charge on any atom is -0.303 e. The Hall–Kier alpha value is -0.770. The van der Waals surface area contributed by atoms with Crippen molar-refractivity contribution in [1.82, 2.24) is 4.90 Å². The third kappa shape index (κ3) is 3.37. The predicted molar refractivity (Wildman–Crippen MR) is 67.0 cm³/mol. The Morgan fingerprint density at radius 2 is 2.06 bits per heavy atom. The lowest BCUT2D eigenvalue weighted by Gasteiger charge is -2.21. The largest absolute Gasteiger partial charge is 0.303 e. The highest BCUT2D eigenvalue weighted by Gasteiger charge is 2.29. The maximum absolute atomic E-state index is 11.7. The third-order valence-corrected chi connectivity index (χ3v) is 3.26. The Kier molecular flexibility index (Phi) is 4.59. The third-order valence-electron chi connectivity index (χ3n) is 2.26. The molecule has 0 aromatic rings. The molecule has 1 saturated heterocycles. The van der Waals surface area contributed by atoms with Crippen LogP contribution in [0.5, 0.6) is 0 Å². The van der Waals surface area contributed by atoms with Crippen LogP contribution in [0.3, 0.4) is 0 Å². The van der Waals surface area contributed by atoms with Crippen molar-refractivity contribution >= 4 is 23.5 Å². The zero-order chi connectivity index (χ0) is 12.3. The number of allylic oxidation sites excluding steroid dienone is 1. The van der Waals surface area contributed by atoms with Crippen LogP contribution in [-0.4, -0.2) is 28.4 Å². The van der Waals surface area contributed by atoms with Crippen molar-refractivity contribution in [3.05, 3.63) is 11.1 Å². The van der Waals surface area contributed by atoms with Gasteiger partial charge in [0.25, 0.3) is 0 Å². The quantitative estimate of drug-likeness (QED) is 0.709. The van der Waals surface area contributed by atoms with Crippen LogP contribution in [0.2, 0.25) is 0 Å². The van der Waals surface area contributed by atoms with Crippen LogP contribution < -0.4 is 0 Å². The van der Waals surface area contributed by atoms with E-state index in [0.717, 1.165) is 5.03 Å². The number of ketones is 1. The predicted octanol–water partition coefficient (Wildman–Crippen LogP) is 2.43. The van der Waals surface area contributed by atoms with E-state index in [1.807, 2.05) is 27.7 Å². The van der Waals surface area contributed by atoms with Crippen LogP contribution in [-0.2, 0) is 9.59 Å². The molecule has 0 bridgehead atoms. The molecule has 0 radical (unpaired) electrons. The molecule has 1 amide bonds. The normalized spacial score (nSPS) is 19.2.